The second kappa shape index (κ2) is 10.7. The number of rotatable bonds is 9. The summed E-state index contributed by atoms with van der Waals surface area (Å²) in [6.45, 7) is 7.96. The Hall–Kier alpha value is -3.04. The Balaban J connectivity index is 2.08. The molecule has 1 aliphatic rings. The Morgan fingerprint density at radius 1 is 1.21 bits per heavy atom. The van der Waals surface area contributed by atoms with E-state index in [1.165, 1.54) is 12.0 Å². The van der Waals surface area contributed by atoms with Crippen molar-refractivity contribution in [1.82, 2.24) is 19.7 Å². The maximum Gasteiger partial charge on any atom is 0.265 e. The molecule has 3 amide bonds. The lowest BCUT2D eigenvalue weighted by molar-refractivity contribution is -0.131. The van der Waals surface area contributed by atoms with E-state index in [2.05, 4.69) is 12.2 Å². The number of carbonyl (C=O) groups is 3. The minimum atomic E-state index is -0.537. The van der Waals surface area contributed by atoms with Gasteiger partial charge in [0.15, 0.2) is 5.11 Å². The highest BCUT2D eigenvalue weighted by atomic mass is 32.1. The SMILES string of the molecule is CCc1cccc2c(/C=C3\C(=O)NC(=S)N(CCOC)C3=O)cn(CC(=O)N(CC)CC)c12. The van der Waals surface area contributed by atoms with Gasteiger partial charge in [-0.25, -0.2) is 0 Å². The molecule has 0 atom stereocenters. The average molecular weight is 471 g/mol. The number of nitrogens with zero attached hydrogens (tertiary/aromatic N) is 3. The molecule has 1 aromatic carbocycles. The molecule has 2 heterocycles. The van der Waals surface area contributed by atoms with Crippen molar-refractivity contribution < 1.29 is 19.1 Å². The van der Waals surface area contributed by atoms with Crippen LogP contribution in [0.1, 0.15) is 31.9 Å². The largest absolute Gasteiger partial charge is 0.383 e. The summed E-state index contributed by atoms with van der Waals surface area (Å²) < 4.78 is 6.97. The van der Waals surface area contributed by atoms with Crippen molar-refractivity contribution in [3.05, 3.63) is 41.1 Å². The van der Waals surface area contributed by atoms with Gasteiger partial charge in [0, 0.05) is 37.3 Å². The molecule has 3 rings (SSSR count). The molecule has 1 fully saturated rings. The van der Waals surface area contributed by atoms with Crippen LogP contribution in [0, 0.1) is 0 Å². The fourth-order valence-electron chi connectivity index (χ4n) is 4.05. The van der Waals surface area contributed by atoms with Crippen molar-refractivity contribution in [1.29, 1.82) is 0 Å². The first kappa shape index (κ1) is 24.6. The van der Waals surface area contributed by atoms with E-state index in [9.17, 15) is 14.4 Å². The highest BCUT2D eigenvalue weighted by Crippen LogP contribution is 2.28. The van der Waals surface area contributed by atoms with Gasteiger partial charge in [-0.3, -0.25) is 24.6 Å². The average Bonchev–Trinajstić information content (AvgIpc) is 3.14. The molecular formula is C24H30N4O4S. The summed E-state index contributed by atoms with van der Waals surface area (Å²) in [4.78, 5) is 41.6. The molecule has 1 N–H and O–H groups in total. The maximum atomic E-state index is 13.1. The summed E-state index contributed by atoms with van der Waals surface area (Å²) in [6, 6.07) is 5.92. The number of methoxy groups -OCH3 is 1. The number of ether oxygens (including phenoxy) is 1. The van der Waals surface area contributed by atoms with Gasteiger partial charge in [-0.05, 0) is 44.1 Å². The molecule has 0 aliphatic carbocycles. The Morgan fingerprint density at radius 2 is 1.94 bits per heavy atom. The molecule has 0 spiro atoms. The summed E-state index contributed by atoms with van der Waals surface area (Å²) >= 11 is 5.16. The molecule has 2 aromatic rings. The summed E-state index contributed by atoms with van der Waals surface area (Å²) in [5.74, 6) is -0.984. The Labute approximate surface area is 199 Å². The first-order chi connectivity index (χ1) is 15.9. The fourth-order valence-corrected chi connectivity index (χ4v) is 4.31. The van der Waals surface area contributed by atoms with Crippen LogP contribution in [0.15, 0.2) is 30.0 Å². The van der Waals surface area contributed by atoms with Crippen LogP contribution in [0.2, 0.25) is 0 Å². The van der Waals surface area contributed by atoms with Crippen LogP contribution in [-0.4, -0.2) is 70.6 Å². The second-order valence-electron chi connectivity index (χ2n) is 7.71. The normalized spacial score (nSPS) is 15.5. The monoisotopic (exact) mass is 470 g/mol. The number of hydrogen-bond donors (Lipinski definition) is 1. The van der Waals surface area contributed by atoms with Gasteiger partial charge in [0.25, 0.3) is 11.8 Å². The molecule has 33 heavy (non-hydrogen) atoms. The zero-order valence-corrected chi connectivity index (χ0v) is 20.3. The van der Waals surface area contributed by atoms with Crippen LogP contribution in [-0.2, 0) is 32.1 Å². The van der Waals surface area contributed by atoms with Gasteiger partial charge in [0.2, 0.25) is 5.91 Å². The van der Waals surface area contributed by atoms with E-state index in [4.69, 9.17) is 17.0 Å². The van der Waals surface area contributed by atoms with Crippen molar-refractivity contribution in [2.45, 2.75) is 33.7 Å². The second-order valence-corrected chi connectivity index (χ2v) is 8.10. The lowest BCUT2D eigenvalue weighted by Gasteiger charge is -2.28. The van der Waals surface area contributed by atoms with Gasteiger partial charge in [0.1, 0.15) is 12.1 Å². The van der Waals surface area contributed by atoms with Crippen molar-refractivity contribution in [2.24, 2.45) is 0 Å². The summed E-state index contributed by atoms with van der Waals surface area (Å²) in [7, 11) is 1.53. The first-order valence-electron chi connectivity index (χ1n) is 11.1. The van der Waals surface area contributed by atoms with Gasteiger partial charge < -0.3 is 14.2 Å². The summed E-state index contributed by atoms with van der Waals surface area (Å²) in [6.07, 6.45) is 4.21. The molecular weight excluding hydrogens is 440 g/mol. The van der Waals surface area contributed by atoms with Crippen LogP contribution in [0.4, 0.5) is 0 Å². The lowest BCUT2D eigenvalue weighted by Crippen LogP contribution is -2.54. The van der Waals surface area contributed by atoms with E-state index in [0.717, 1.165) is 22.9 Å². The molecule has 0 radical (unpaired) electrons. The number of fused-ring (bicyclic) bond motifs is 1. The lowest BCUT2D eigenvalue weighted by atomic mass is 10.0. The number of aryl methyl sites for hydroxylation is 1. The fraction of sp³-hybridized carbons (Fsp3) is 0.417. The van der Waals surface area contributed by atoms with Gasteiger partial charge in [0.05, 0.1) is 18.7 Å². The quantitative estimate of drug-likeness (QED) is 0.346. The number of carbonyl (C=O) groups excluding carboxylic acids is 3. The van der Waals surface area contributed by atoms with Crippen LogP contribution in [0.3, 0.4) is 0 Å². The molecule has 176 valence electrons. The summed E-state index contributed by atoms with van der Waals surface area (Å²) in [5, 5.41) is 3.54. The zero-order valence-electron chi connectivity index (χ0n) is 19.5. The number of likely N-dealkylation sites (N-methyl/N-ethyl adjacent to an activating group) is 1. The molecule has 1 aliphatic heterocycles. The smallest absolute Gasteiger partial charge is 0.265 e. The third-order valence-corrected chi connectivity index (χ3v) is 6.14. The van der Waals surface area contributed by atoms with Crippen LogP contribution in [0.5, 0.6) is 0 Å². The number of para-hydroxylation sites is 1. The highest BCUT2D eigenvalue weighted by Gasteiger charge is 2.33. The van der Waals surface area contributed by atoms with Gasteiger partial charge in [-0.15, -0.1) is 0 Å². The zero-order chi connectivity index (χ0) is 24.1. The molecule has 0 saturated carbocycles. The first-order valence-corrected chi connectivity index (χ1v) is 11.5. The molecule has 0 unspecified atom stereocenters. The molecule has 1 saturated heterocycles. The molecule has 1 aromatic heterocycles. The highest BCUT2D eigenvalue weighted by molar-refractivity contribution is 7.80. The van der Waals surface area contributed by atoms with Crippen molar-refractivity contribution >= 4 is 52.0 Å². The van der Waals surface area contributed by atoms with E-state index < -0.39 is 11.8 Å². The standard InChI is InChI=1S/C24H30N4O4S/c1-5-16-9-8-10-18-17(14-27(21(16)18)15-20(29)26(6-2)7-3)13-19-22(30)25-24(33)28(23(19)31)11-12-32-4/h8-10,13-14H,5-7,11-12,15H2,1-4H3,(H,25,30,33)/b19-13+. The number of thiocarbonyl (C=S) groups is 1. The molecule has 0 bridgehead atoms. The van der Waals surface area contributed by atoms with Crippen molar-refractivity contribution in [3.63, 3.8) is 0 Å². The van der Waals surface area contributed by atoms with E-state index >= 15 is 0 Å². The van der Waals surface area contributed by atoms with Crippen LogP contribution in [0.25, 0.3) is 17.0 Å². The maximum absolute atomic E-state index is 13.1. The number of amides is 3. The Kier molecular flexibility index (Phi) is 7.99. The molecule has 8 nitrogen and oxygen atoms in total. The number of aromatic nitrogens is 1. The predicted octanol–water partition coefficient (Wildman–Crippen LogP) is 2.35. The predicted molar refractivity (Wildman–Crippen MR) is 132 cm³/mol. The summed E-state index contributed by atoms with van der Waals surface area (Å²) in [5.41, 5.74) is 2.72. The topological polar surface area (TPSA) is 83.9 Å². The van der Waals surface area contributed by atoms with E-state index in [1.807, 2.05) is 42.8 Å². The van der Waals surface area contributed by atoms with Crippen molar-refractivity contribution in [3.8, 4) is 0 Å². The van der Waals surface area contributed by atoms with Gasteiger partial charge >= 0.3 is 0 Å². The van der Waals surface area contributed by atoms with Crippen LogP contribution < -0.4 is 5.32 Å². The minimum absolute atomic E-state index is 0.00396. The minimum Gasteiger partial charge on any atom is -0.383 e. The third-order valence-electron chi connectivity index (χ3n) is 5.82. The van der Waals surface area contributed by atoms with E-state index in [0.29, 0.717) is 25.3 Å². The van der Waals surface area contributed by atoms with Gasteiger partial charge in [-0.1, -0.05) is 25.1 Å². The number of nitrogens with one attached hydrogen (secondary N) is 1. The van der Waals surface area contributed by atoms with Crippen molar-refractivity contribution in [2.75, 3.05) is 33.4 Å². The third kappa shape index (κ3) is 4.99. The van der Waals surface area contributed by atoms with E-state index in [-0.39, 0.29) is 29.7 Å². The number of hydrogen-bond acceptors (Lipinski definition) is 5. The van der Waals surface area contributed by atoms with Crippen LogP contribution >= 0.6 is 12.2 Å². The number of benzene rings is 1. The molecule has 9 heteroatoms. The van der Waals surface area contributed by atoms with Gasteiger partial charge in [-0.2, -0.15) is 0 Å². The van der Waals surface area contributed by atoms with E-state index in [1.54, 1.807) is 11.0 Å². The Bertz CT molecular complexity index is 1120. The Morgan fingerprint density at radius 3 is 2.58 bits per heavy atom.